The van der Waals surface area contributed by atoms with Gasteiger partial charge in [0, 0.05) is 29.6 Å². The number of nitrogens with one attached hydrogen (secondary N) is 3. The second-order valence-corrected chi connectivity index (χ2v) is 6.52. The topological polar surface area (TPSA) is 85.3 Å². The van der Waals surface area contributed by atoms with E-state index in [1.165, 1.54) is 0 Å². The zero-order valence-electron chi connectivity index (χ0n) is 14.5. The van der Waals surface area contributed by atoms with Gasteiger partial charge in [-0.25, -0.2) is 0 Å². The molecule has 6 nitrogen and oxygen atoms in total. The fourth-order valence-corrected chi connectivity index (χ4v) is 3.46. The highest BCUT2D eigenvalue weighted by atomic mass is 16.3. The van der Waals surface area contributed by atoms with Crippen LogP contribution in [-0.2, 0) is 0 Å². The van der Waals surface area contributed by atoms with Crippen LogP contribution in [0.25, 0.3) is 5.57 Å². The van der Waals surface area contributed by atoms with Crippen LogP contribution in [0.4, 0.5) is 0 Å². The van der Waals surface area contributed by atoms with E-state index in [2.05, 4.69) is 44.9 Å². The van der Waals surface area contributed by atoms with Crippen LogP contribution in [0.15, 0.2) is 66.1 Å². The standard InChI is InChI=1S/C20H21N5O/c1-3-19-18(11-23-25-19)17-9-21-20(16-10-22-24-12(16)2)8-15(17)13-4-6-14(26)7-5-13/h3-11,18-21,25-26H,1H2,2H3,(H,22,24). The molecule has 26 heavy (non-hydrogen) atoms. The summed E-state index contributed by atoms with van der Waals surface area (Å²) in [6, 6.07) is 7.36. The number of hydrogen-bond acceptors (Lipinski definition) is 5. The van der Waals surface area contributed by atoms with Crippen LogP contribution in [0.1, 0.15) is 22.9 Å². The lowest BCUT2D eigenvalue weighted by Crippen LogP contribution is -2.30. The highest BCUT2D eigenvalue weighted by Crippen LogP contribution is 2.37. The van der Waals surface area contributed by atoms with Gasteiger partial charge in [-0.2, -0.15) is 10.2 Å². The molecule has 0 radical (unpaired) electrons. The average molecular weight is 347 g/mol. The minimum absolute atomic E-state index is 0.0229. The molecular weight excluding hydrogens is 326 g/mol. The lowest BCUT2D eigenvalue weighted by molar-refractivity contribution is 0.475. The first-order valence-electron chi connectivity index (χ1n) is 8.56. The third-order valence-electron chi connectivity index (χ3n) is 4.90. The predicted molar refractivity (Wildman–Crippen MR) is 102 cm³/mol. The average Bonchev–Trinajstić information content (AvgIpc) is 3.30. The third kappa shape index (κ3) is 2.79. The van der Waals surface area contributed by atoms with Crippen LogP contribution in [0, 0.1) is 12.8 Å². The largest absolute Gasteiger partial charge is 0.508 e. The Bertz CT molecular complexity index is 907. The van der Waals surface area contributed by atoms with Crippen molar-refractivity contribution < 1.29 is 5.11 Å². The molecule has 3 heterocycles. The summed E-state index contributed by atoms with van der Waals surface area (Å²) in [4.78, 5) is 0. The number of aromatic hydroxyl groups is 1. The van der Waals surface area contributed by atoms with E-state index in [9.17, 15) is 5.11 Å². The maximum atomic E-state index is 9.65. The number of aromatic nitrogens is 2. The second kappa shape index (κ2) is 6.55. The minimum Gasteiger partial charge on any atom is -0.508 e. The first-order chi connectivity index (χ1) is 12.7. The molecule has 0 saturated carbocycles. The maximum Gasteiger partial charge on any atom is 0.115 e. The highest BCUT2D eigenvalue weighted by Gasteiger charge is 2.30. The Hall–Kier alpha value is -3.28. The smallest absolute Gasteiger partial charge is 0.115 e. The van der Waals surface area contributed by atoms with Crippen LogP contribution < -0.4 is 10.7 Å². The normalized spacial score (nSPS) is 24.4. The molecule has 4 N–H and O–H groups in total. The fraction of sp³-hybridized carbons (Fsp3) is 0.200. The van der Waals surface area contributed by atoms with Crippen LogP contribution in [0.3, 0.4) is 0 Å². The number of rotatable bonds is 4. The molecule has 6 heteroatoms. The number of benzene rings is 1. The minimum atomic E-state index is 0.0229. The lowest BCUT2D eigenvalue weighted by Gasteiger charge is -2.28. The second-order valence-electron chi connectivity index (χ2n) is 6.52. The van der Waals surface area contributed by atoms with E-state index in [0.717, 1.165) is 28.0 Å². The van der Waals surface area contributed by atoms with E-state index in [-0.39, 0.29) is 23.8 Å². The number of phenols is 1. The Balaban J connectivity index is 1.77. The Kier molecular flexibility index (Phi) is 4.08. The summed E-state index contributed by atoms with van der Waals surface area (Å²) < 4.78 is 0. The van der Waals surface area contributed by atoms with Gasteiger partial charge in [0.2, 0.25) is 0 Å². The van der Waals surface area contributed by atoms with Gasteiger partial charge in [-0.05, 0) is 41.8 Å². The molecule has 0 aliphatic carbocycles. The molecule has 0 bridgehead atoms. The van der Waals surface area contributed by atoms with Gasteiger partial charge in [-0.15, -0.1) is 6.58 Å². The quantitative estimate of drug-likeness (QED) is 0.641. The molecule has 1 aromatic heterocycles. The van der Waals surface area contributed by atoms with Crippen LogP contribution in [-0.4, -0.2) is 27.6 Å². The molecular formula is C20H21N5O. The number of aromatic amines is 1. The molecule has 4 rings (SSSR count). The molecule has 1 aromatic carbocycles. The van der Waals surface area contributed by atoms with Crippen LogP contribution in [0.2, 0.25) is 0 Å². The van der Waals surface area contributed by atoms with Crippen molar-refractivity contribution in [3.63, 3.8) is 0 Å². The number of hydrazone groups is 1. The SMILES string of the molecule is C=CC1NN=CC1C1=CNC(c2cn[nH]c2C)C=C1c1ccc(O)cc1. The molecule has 0 spiro atoms. The molecule has 0 saturated heterocycles. The summed E-state index contributed by atoms with van der Waals surface area (Å²) in [6.45, 7) is 5.92. The Morgan fingerprint density at radius 2 is 2.04 bits per heavy atom. The van der Waals surface area contributed by atoms with Crippen LogP contribution >= 0.6 is 0 Å². The van der Waals surface area contributed by atoms with Gasteiger partial charge in [-0.3, -0.25) is 5.10 Å². The zero-order valence-corrected chi connectivity index (χ0v) is 14.5. The molecule has 0 fully saturated rings. The van der Waals surface area contributed by atoms with Gasteiger partial charge in [-0.1, -0.05) is 18.2 Å². The van der Waals surface area contributed by atoms with Crippen molar-refractivity contribution in [1.29, 1.82) is 0 Å². The molecule has 0 amide bonds. The highest BCUT2D eigenvalue weighted by molar-refractivity contribution is 5.87. The van der Waals surface area contributed by atoms with Crippen LogP contribution in [0.5, 0.6) is 5.75 Å². The first kappa shape index (κ1) is 16.2. The molecule has 3 unspecified atom stereocenters. The van der Waals surface area contributed by atoms with Gasteiger partial charge in [0.15, 0.2) is 0 Å². The number of aryl methyl sites for hydroxylation is 1. The van der Waals surface area contributed by atoms with Gasteiger partial charge >= 0.3 is 0 Å². The van der Waals surface area contributed by atoms with E-state index in [1.54, 1.807) is 12.1 Å². The Morgan fingerprint density at radius 1 is 1.23 bits per heavy atom. The molecule has 3 atom stereocenters. The van der Waals surface area contributed by atoms with Gasteiger partial charge < -0.3 is 15.8 Å². The van der Waals surface area contributed by atoms with Crippen molar-refractivity contribution in [2.45, 2.75) is 19.0 Å². The van der Waals surface area contributed by atoms with Gasteiger partial charge in [0.1, 0.15) is 5.75 Å². The van der Waals surface area contributed by atoms with Crippen molar-refractivity contribution in [2.24, 2.45) is 11.0 Å². The van der Waals surface area contributed by atoms with E-state index < -0.39 is 0 Å². The number of nitrogens with zero attached hydrogens (tertiary/aromatic N) is 2. The van der Waals surface area contributed by atoms with Crippen molar-refractivity contribution in [1.82, 2.24) is 20.9 Å². The number of H-pyrrole nitrogens is 1. The number of phenolic OH excluding ortho intramolecular Hbond substituents is 1. The van der Waals surface area contributed by atoms with Crippen molar-refractivity contribution in [3.8, 4) is 5.75 Å². The van der Waals surface area contributed by atoms with Crippen molar-refractivity contribution in [2.75, 3.05) is 0 Å². The van der Waals surface area contributed by atoms with Crippen molar-refractivity contribution in [3.05, 3.63) is 77.8 Å². The number of allylic oxidation sites excluding steroid dienone is 1. The summed E-state index contributed by atoms with van der Waals surface area (Å²) in [7, 11) is 0. The lowest BCUT2D eigenvalue weighted by atomic mass is 9.82. The summed E-state index contributed by atoms with van der Waals surface area (Å²) in [6.07, 6.45) is 9.89. The maximum absolute atomic E-state index is 9.65. The van der Waals surface area contributed by atoms with E-state index in [1.807, 2.05) is 37.5 Å². The number of dihydropyridines is 1. The van der Waals surface area contributed by atoms with Gasteiger partial charge in [0.25, 0.3) is 0 Å². The first-order valence-corrected chi connectivity index (χ1v) is 8.56. The van der Waals surface area contributed by atoms with E-state index >= 15 is 0 Å². The van der Waals surface area contributed by atoms with Gasteiger partial charge in [0.05, 0.1) is 18.3 Å². The Morgan fingerprint density at radius 3 is 2.73 bits per heavy atom. The predicted octanol–water partition coefficient (Wildman–Crippen LogP) is 2.80. The Labute approximate surface area is 152 Å². The fourth-order valence-electron chi connectivity index (χ4n) is 3.46. The summed E-state index contributed by atoms with van der Waals surface area (Å²) >= 11 is 0. The summed E-state index contributed by atoms with van der Waals surface area (Å²) in [5.41, 5.74) is 8.52. The van der Waals surface area contributed by atoms with Crippen molar-refractivity contribution >= 4 is 11.8 Å². The summed E-state index contributed by atoms with van der Waals surface area (Å²) in [5, 5.41) is 24.5. The molecule has 2 aromatic rings. The van der Waals surface area contributed by atoms with E-state index in [0.29, 0.717) is 0 Å². The molecule has 132 valence electrons. The summed E-state index contributed by atoms with van der Waals surface area (Å²) in [5.74, 6) is 0.343. The zero-order chi connectivity index (χ0) is 18.1. The number of hydrogen-bond donors (Lipinski definition) is 4. The van der Waals surface area contributed by atoms with E-state index in [4.69, 9.17) is 0 Å². The molecule has 2 aliphatic heterocycles. The monoisotopic (exact) mass is 347 g/mol. The molecule has 2 aliphatic rings. The third-order valence-corrected chi connectivity index (χ3v) is 4.90.